The molecule has 6 atom stereocenters. The van der Waals surface area contributed by atoms with Gasteiger partial charge in [-0.25, -0.2) is 0 Å². The highest BCUT2D eigenvalue weighted by Crippen LogP contribution is 2.61. The first-order valence-electron chi connectivity index (χ1n) is 16.7. The zero-order valence-electron chi connectivity index (χ0n) is 28.1. The van der Waals surface area contributed by atoms with Crippen LogP contribution < -0.4 is 9.47 Å². The second kappa shape index (κ2) is 10.6. The molecular weight excluding hydrogens is 596 g/mol. The van der Waals surface area contributed by atoms with E-state index in [4.69, 9.17) is 18.9 Å². The summed E-state index contributed by atoms with van der Waals surface area (Å²) in [7, 11) is 10.7. The average Bonchev–Trinajstić information content (AvgIpc) is 3.06. The first-order chi connectivity index (χ1) is 22.6. The summed E-state index contributed by atoms with van der Waals surface area (Å²) in [5, 5.41) is 12.2. The van der Waals surface area contributed by atoms with Gasteiger partial charge in [0.05, 0.1) is 28.4 Å². The Morgan fingerprint density at radius 3 is 1.87 bits per heavy atom. The molecule has 9 nitrogen and oxygen atoms in total. The summed E-state index contributed by atoms with van der Waals surface area (Å²) in [4.78, 5) is 31.4. The monoisotopic (exact) mass is 640 g/mol. The van der Waals surface area contributed by atoms with Gasteiger partial charge in [-0.1, -0.05) is 0 Å². The summed E-state index contributed by atoms with van der Waals surface area (Å²) in [6.45, 7) is 1.76. The zero-order chi connectivity index (χ0) is 33.0. The maximum Gasteiger partial charge on any atom is 0.197 e. The van der Waals surface area contributed by atoms with E-state index >= 15 is 0 Å². The Morgan fingerprint density at radius 1 is 0.723 bits per heavy atom. The van der Waals surface area contributed by atoms with Crippen LogP contribution in [0.5, 0.6) is 17.2 Å². The number of methoxy groups -OCH3 is 4. The number of ketones is 2. The van der Waals surface area contributed by atoms with Crippen molar-refractivity contribution in [1.29, 1.82) is 0 Å². The Morgan fingerprint density at radius 2 is 1.28 bits per heavy atom. The summed E-state index contributed by atoms with van der Waals surface area (Å²) in [5.74, 6) is 2.30. The van der Waals surface area contributed by atoms with Crippen molar-refractivity contribution in [3.8, 4) is 28.4 Å². The number of allylic oxidation sites excluding steroid dienone is 2. The molecule has 4 aliphatic carbocycles. The molecule has 0 aromatic heterocycles. The Kier molecular flexibility index (Phi) is 6.88. The lowest BCUT2D eigenvalue weighted by molar-refractivity contribution is -0.123. The SMILES string of the molecule is COC1=C[C@@H]2[C@@H]3Cc4cc(-c5cc6c(c(O)c5OC)[C@@]57CCN(C)[C@@H](C6)[C@H]5C=C(OC)C(=O)C7)c(OC)cc4[C@]2(CCN3C)CC1=O. The number of ether oxygens (including phenoxy) is 4. The fourth-order valence-electron chi connectivity index (χ4n) is 10.5. The predicted octanol–water partition coefficient (Wildman–Crippen LogP) is 4.31. The van der Waals surface area contributed by atoms with Crippen LogP contribution in [0.1, 0.15) is 47.9 Å². The van der Waals surface area contributed by atoms with Gasteiger partial charge in [-0.15, -0.1) is 0 Å². The van der Waals surface area contributed by atoms with Gasteiger partial charge in [-0.05, 0) is 99.9 Å². The molecule has 6 aliphatic rings. The average molecular weight is 641 g/mol. The molecule has 0 saturated carbocycles. The number of hydrogen-bond donors (Lipinski definition) is 1. The Hall–Kier alpha value is -3.82. The van der Waals surface area contributed by atoms with Gasteiger partial charge >= 0.3 is 0 Å². The highest BCUT2D eigenvalue weighted by molar-refractivity contribution is 5.97. The van der Waals surface area contributed by atoms with E-state index in [2.05, 4.69) is 48.2 Å². The van der Waals surface area contributed by atoms with E-state index in [1.54, 1.807) is 28.4 Å². The molecule has 47 heavy (non-hydrogen) atoms. The lowest BCUT2D eigenvalue weighted by Gasteiger charge is -2.57. The predicted molar refractivity (Wildman–Crippen MR) is 176 cm³/mol. The molecule has 9 heteroatoms. The van der Waals surface area contributed by atoms with Crippen molar-refractivity contribution in [2.45, 2.75) is 61.4 Å². The molecule has 2 heterocycles. The molecular formula is C38H44N2O7. The molecule has 0 unspecified atom stereocenters. The fourth-order valence-corrected chi connectivity index (χ4v) is 10.5. The Bertz CT molecular complexity index is 1780. The second-order valence-corrected chi connectivity index (χ2v) is 14.6. The number of nitrogens with zero attached hydrogens (tertiary/aromatic N) is 2. The summed E-state index contributed by atoms with van der Waals surface area (Å²) in [6, 6.07) is 6.91. The van der Waals surface area contributed by atoms with Gasteiger partial charge < -0.3 is 33.9 Å². The van der Waals surface area contributed by atoms with Crippen molar-refractivity contribution in [2.75, 3.05) is 55.6 Å². The van der Waals surface area contributed by atoms with Crippen LogP contribution in [-0.4, -0.2) is 94.2 Å². The molecule has 2 saturated heterocycles. The second-order valence-electron chi connectivity index (χ2n) is 14.6. The summed E-state index contributed by atoms with van der Waals surface area (Å²) in [5.41, 5.74) is 5.02. The van der Waals surface area contributed by atoms with Crippen LogP contribution in [0.15, 0.2) is 41.9 Å². The van der Waals surface area contributed by atoms with Gasteiger partial charge in [-0.2, -0.15) is 0 Å². The van der Waals surface area contributed by atoms with E-state index < -0.39 is 5.41 Å². The van der Waals surface area contributed by atoms with E-state index in [1.165, 1.54) is 11.1 Å². The van der Waals surface area contributed by atoms with E-state index in [9.17, 15) is 14.7 Å². The largest absolute Gasteiger partial charge is 0.504 e. The van der Waals surface area contributed by atoms with E-state index in [0.29, 0.717) is 35.9 Å². The fraction of sp³-hybridized carbons (Fsp3) is 0.526. The Balaban J connectivity index is 1.31. The summed E-state index contributed by atoms with van der Waals surface area (Å²) < 4.78 is 23.2. The minimum Gasteiger partial charge on any atom is -0.504 e. The van der Waals surface area contributed by atoms with Gasteiger partial charge in [0, 0.05) is 64.3 Å². The highest BCUT2D eigenvalue weighted by atomic mass is 16.5. The summed E-state index contributed by atoms with van der Waals surface area (Å²) >= 11 is 0. The molecule has 2 aliphatic heterocycles. The number of Topliss-reactive ketones (excluding diaryl/α,β-unsaturated/α-hetero) is 2. The van der Waals surface area contributed by atoms with Crippen molar-refractivity contribution in [2.24, 2.45) is 11.8 Å². The van der Waals surface area contributed by atoms with Crippen LogP contribution in [0.3, 0.4) is 0 Å². The normalized spacial score (nSPS) is 32.6. The van der Waals surface area contributed by atoms with E-state index in [1.807, 2.05) is 6.08 Å². The lowest BCUT2D eigenvalue weighted by Crippen LogP contribution is -2.60. The van der Waals surface area contributed by atoms with Crippen LogP contribution in [0.2, 0.25) is 0 Å². The molecule has 0 amide bonds. The van der Waals surface area contributed by atoms with Gasteiger partial charge in [0.2, 0.25) is 0 Å². The van der Waals surface area contributed by atoms with Crippen molar-refractivity contribution >= 4 is 11.6 Å². The van der Waals surface area contributed by atoms with Crippen molar-refractivity contribution in [1.82, 2.24) is 9.80 Å². The molecule has 1 N–H and O–H groups in total. The molecule has 2 fully saturated rings. The number of carbonyl (C=O) groups excluding carboxylic acids is 2. The maximum atomic E-state index is 13.3. The first kappa shape index (κ1) is 30.5. The van der Waals surface area contributed by atoms with Crippen molar-refractivity contribution in [3.63, 3.8) is 0 Å². The number of phenolic OH excluding ortho intramolecular Hbond substituents is 1. The molecule has 0 radical (unpaired) electrons. The molecule has 2 aromatic carbocycles. The van der Waals surface area contributed by atoms with E-state index in [-0.39, 0.29) is 46.7 Å². The molecule has 0 spiro atoms. The van der Waals surface area contributed by atoms with Crippen LogP contribution in [0, 0.1) is 11.8 Å². The number of aromatic hydroxyl groups is 1. The van der Waals surface area contributed by atoms with Crippen LogP contribution in [0.4, 0.5) is 0 Å². The number of piperidine rings is 2. The quantitative estimate of drug-likeness (QED) is 0.513. The number of rotatable bonds is 5. The molecule has 4 bridgehead atoms. The number of benzene rings is 2. The topological polar surface area (TPSA) is 97.8 Å². The third kappa shape index (κ3) is 4.02. The maximum absolute atomic E-state index is 13.3. The molecule has 2 aromatic rings. The molecule has 8 rings (SSSR count). The number of fused-ring (bicyclic) bond motifs is 2. The minimum absolute atomic E-state index is 0.0273. The van der Waals surface area contributed by atoms with Gasteiger partial charge in [-0.3, -0.25) is 9.59 Å². The van der Waals surface area contributed by atoms with Crippen molar-refractivity contribution in [3.05, 3.63) is 64.1 Å². The standard InChI is InChI=1S/C38H44N2O7/c1-39-9-7-37-18-29(41)32(45-4)16-25(37)27(39)13-20-11-22(31(44-3)15-24(20)37)23-12-21-14-28-26-17-33(46-5)30(42)19-38(26,8-10-40(28)2)34(21)35(43)36(23)47-6/h11-12,15-17,25-28,43H,7-10,13-14,18-19H2,1-6H3/t25-,26-,27+,28+,37+,38-/m1/s1. The highest BCUT2D eigenvalue weighted by Gasteiger charge is 2.58. The number of likely N-dealkylation sites (N-methyl/N-ethyl adjacent to an activating group) is 2. The van der Waals surface area contributed by atoms with Crippen LogP contribution in [-0.2, 0) is 42.7 Å². The third-order valence-corrected chi connectivity index (χ3v) is 12.8. The van der Waals surface area contributed by atoms with E-state index in [0.717, 1.165) is 61.0 Å². The van der Waals surface area contributed by atoms with Crippen LogP contribution in [0.25, 0.3) is 11.1 Å². The van der Waals surface area contributed by atoms with Gasteiger partial charge in [0.15, 0.2) is 34.6 Å². The first-order valence-corrected chi connectivity index (χ1v) is 16.7. The van der Waals surface area contributed by atoms with Crippen molar-refractivity contribution < 1.29 is 33.6 Å². The lowest BCUT2D eigenvalue weighted by atomic mass is 9.53. The summed E-state index contributed by atoms with van der Waals surface area (Å²) in [6.07, 6.45) is 7.96. The number of likely N-dealkylation sites (tertiary alicyclic amines) is 2. The van der Waals surface area contributed by atoms with Crippen LogP contribution >= 0.6 is 0 Å². The van der Waals surface area contributed by atoms with Gasteiger partial charge in [0.25, 0.3) is 0 Å². The minimum atomic E-state index is -0.530. The smallest absolute Gasteiger partial charge is 0.197 e. The number of phenols is 1. The van der Waals surface area contributed by atoms with Gasteiger partial charge in [0.1, 0.15) is 5.75 Å². The number of carbonyl (C=O) groups is 2. The molecule has 248 valence electrons. The Labute approximate surface area is 276 Å². The third-order valence-electron chi connectivity index (χ3n) is 12.8. The number of hydrogen-bond acceptors (Lipinski definition) is 9. The zero-order valence-corrected chi connectivity index (χ0v) is 28.1.